The van der Waals surface area contributed by atoms with E-state index in [4.69, 9.17) is 25.9 Å². The van der Waals surface area contributed by atoms with Gasteiger partial charge in [0.1, 0.15) is 12.2 Å². The molecule has 0 spiro atoms. The molecule has 3 N–H and O–H groups in total. The number of likely N-dealkylation sites (tertiary alicyclic amines) is 1. The molecule has 0 saturated carbocycles. The number of nitrogens with zero attached hydrogens (tertiary/aromatic N) is 2. The second-order valence-corrected chi connectivity index (χ2v) is 12.7. The van der Waals surface area contributed by atoms with Crippen LogP contribution in [0.3, 0.4) is 0 Å². The average molecular weight is 635 g/mol. The number of ether oxygens (including phenoxy) is 2. The molecule has 43 heavy (non-hydrogen) atoms. The minimum atomic E-state index is -2.40. The van der Waals surface area contributed by atoms with Gasteiger partial charge in [-0.15, -0.1) is 0 Å². The van der Waals surface area contributed by atoms with Crippen molar-refractivity contribution >= 4 is 50.5 Å². The zero-order valence-corrected chi connectivity index (χ0v) is 25.3. The summed E-state index contributed by atoms with van der Waals surface area (Å²) < 4.78 is 23.3. The Morgan fingerprint density at radius 3 is 2.23 bits per heavy atom. The largest absolute Gasteiger partial charge is 0.597 e. The van der Waals surface area contributed by atoms with Crippen molar-refractivity contribution in [2.24, 2.45) is 5.73 Å². The number of hydrogen-bond donors (Lipinski definition) is 2. The maximum absolute atomic E-state index is 13.6. The van der Waals surface area contributed by atoms with Crippen LogP contribution in [0.25, 0.3) is 0 Å². The monoisotopic (exact) mass is 634 g/mol. The molecule has 13 nitrogen and oxygen atoms in total. The lowest BCUT2D eigenvalue weighted by Gasteiger charge is -2.47. The highest BCUT2D eigenvalue weighted by molar-refractivity contribution is 8.14. The van der Waals surface area contributed by atoms with E-state index < -0.39 is 67.7 Å². The summed E-state index contributed by atoms with van der Waals surface area (Å²) >= 11 is 0. The molecule has 230 valence electrons. The molecule has 1 aliphatic heterocycles. The molecule has 0 bridgehead atoms. The molecule has 2 aromatic carbocycles. The highest BCUT2D eigenvalue weighted by Crippen LogP contribution is 2.34. The van der Waals surface area contributed by atoms with Crippen molar-refractivity contribution in [3.63, 3.8) is 0 Å². The Bertz CT molecular complexity index is 1420. The van der Waals surface area contributed by atoms with Crippen LogP contribution in [-0.4, -0.2) is 61.2 Å². The van der Waals surface area contributed by atoms with Gasteiger partial charge in [0.25, 0.3) is 17.5 Å². The highest BCUT2D eigenvalue weighted by Gasteiger charge is 2.61. The number of carbonyl (C=O) groups excluding carboxylic acids is 4. The highest BCUT2D eigenvalue weighted by atomic mass is 35.7. The van der Waals surface area contributed by atoms with Crippen LogP contribution >= 0.6 is 10.7 Å². The van der Waals surface area contributed by atoms with Gasteiger partial charge in [-0.1, -0.05) is 36.9 Å². The van der Waals surface area contributed by atoms with E-state index in [0.29, 0.717) is 5.56 Å². The molecular formula is C28H31ClN4O9S. The van der Waals surface area contributed by atoms with E-state index in [-0.39, 0.29) is 23.4 Å². The molecule has 5 atom stereocenters. The number of non-ortho nitro benzene ring substituents is 1. The van der Waals surface area contributed by atoms with E-state index in [1.54, 1.807) is 39.0 Å². The topological polar surface area (TPSA) is 194 Å². The Morgan fingerprint density at radius 1 is 1.16 bits per heavy atom. The molecule has 1 fully saturated rings. The second-order valence-electron chi connectivity index (χ2n) is 10.8. The van der Waals surface area contributed by atoms with Crippen molar-refractivity contribution in [3.8, 4) is 0 Å². The van der Waals surface area contributed by atoms with E-state index in [1.165, 1.54) is 43.3 Å². The number of β-lactam (4-membered cyclic amide) rings is 1. The summed E-state index contributed by atoms with van der Waals surface area (Å²) in [5.41, 5.74) is 3.46. The third-order valence-electron chi connectivity index (χ3n) is 6.36. The summed E-state index contributed by atoms with van der Waals surface area (Å²) in [5, 5.41) is 11.8. The number of nitrogens with two attached hydrogens (primary N) is 1. The molecule has 15 heteroatoms. The maximum Gasteiger partial charge on any atom is 0.341 e. The van der Waals surface area contributed by atoms with Crippen molar-refractivity contribution in [2.75, 3.05) is 0 Å². The van der Waals surface area contributed by atoms with Crippen molar-refractivity contribution in [1.29, 1.82) is 0 Å². The van der Waals surface area contributed by atoms with Crippen LogP contribution in [0.2, 0.25) is 0 Å². The number of nitro groups is 1. The van der Waals surface area contributed by atoms with Gasteiger partial charge in [-0.25, -0.2) is 9.59 Å². The van der Waals surface area contributed by atoms with Crippen LogP contribution in [0.1, 0.15) is 38.8 Å². The van der Waals surface area contributed by atoms with Crippen molar-refractivity contribution in [2.45, 2.75) is 62.9 Å². The zero-order valence-electron chi connectivity index (χ0n) is 23.8. The molecule has 5 unspecified atom stereocenters. The minimum absolute atomic E-state index is 0.0727. The third kappa shape index (κ3) is 7.33. The van der Waals surface area contributed by atoms with Gasteiger partial charge in [0.15, 0.2) is 22.8 Å². The van der Waals surface area contributed by atoms with Crippen molar-refractivity contribution < 1.29 is 38.1 Å². The predicted octanol–water partition coefficient (Wildman–Crippen LogP) is 2.33. The number of hydrogen-bond acceptors (Lipinski definition) is 10. The van der Waals surface area contributed by atoms with Gasteiger partial charge < -0.3 is 25.1 Å². The first-order chi connectivity index (χ1) is 20.0. The molecule has 1 aliphatic rings. The number of benzene rings is 2. The fourth-order valence-electron chi connectivity index (χ4n) is 4.25. The lowest BCUT2D eigenvalue weighted by atomic mass is 9.88. The fourth-order valence-corrected chi connectivity index (χ4v) is 5.61. The second kappa shape index (κ2) is 13.1. The molecular weight excluding hydrogens is 604 g/mol. The summed E-state index contributed by atoms with van der Waals surface area (Å²) in [6, 6.07) is 9.95. The number of amides is 2. The fraction of sp³-hybridized carbons (Fsp3) is 0.357. The van der Waals surface area contributed by atoms with Gasteiger partial charge in [0.05, 0.1) is 15.3 Å². The lowest BCUT2D eigenvalue weighted by Crippen LogP contribution is -2.77. The van der Waals surface area contributed by atoms with Gasteiger partial charge >= 0.3 is 11.9 Å². The van der Waals surface area contributed by atoms with Gasteiger partial charge in [-0.2, -0.15) is 0 Å². The van der Waals surface area contributed by atoms with Crippen LogP contribution in [0.4, 0.5) is 5.69 Å². The number of nitrogens with one attached hydrogen (secondary N) is 1. The minimum Gasteiger partial charge on any atom is -0.597 e. The van der Waals surface area contributed by atoms with E-state index in [9.17, 15) is 33.8 Å². The number of halogens is 1. The number of nitro benzene ring substituents is 1. The molecule has 0 aliphatic carbocycles. The average Bonchev–Trinajstić information content (AvgIpc) is 2.93. The number of esters is 2. The van der Waals surface area contributed by atoms with Crippen LogP contribution < -0.4 is 11.1 Å². The Labute approximate surface area is 255 Å². The van der Waals surface area contributed by atoms with E-state index >= 15 is 0 Å². The summed E-state index contributed by atoms with van der Waals surface area (Å²) in [7, 11) is 3.61. The van der Waals surface area contributed by atoms with E-state index in [1.807, 2.05) is 0 Å². The third-order valence-corrected chi connectivity index (χ3v) is 7.79. The molecule has 1 heterocycles. The molecule has 1 saturated heterocycles. The number of carbonyl (C=O) groups is 4. The Kier molecular flexibility index (Phi) is 10.2. The molecule has 2 amide bonds. The van der Waals surface area contributed by atoms with Gasteiger partial charge in [0.2, 0.25) is 10.9 Å². The summed E-state index contributed by atoms with van der Waals surface area (Å²) in [6.45, 7) is 9.65. The van der Waals surface area contributed by atoms with Crippen LogP contribution in [0.5, 0.6) is 0 Å². The Morgan fingerprint density at radius 2 is 1.74 bits per heavy atom. The van der Waals surface area contributed by atoms with E-state index in [0.717, 1.165) is 4.90 Å². The normalized spacial score (nSPS) is 19.2. The summed E-state index contributed by atoms with van der Waals surface area (Å²) in [5.74, 6) is -4.01. The van der Waals surface area contributed by atoms with Crippen LogP contribution in [0, 0.1) is 10.1 Å². The van der Waals surface area contributed by atoms with Crippen molar-refractivity contribution in [1.82, 2.24) is 10.2 Å². The zero-order chi connectivity index (χ0) is 32.3. The standard InChI is InChI=1S/C28H31ClN4O9S/c1-16(2)21(24(35)41-15-17-11-13-19(14-12-17)33(38)39)32-22(34)20(23(32)43(29)40)31-25(36)28(30,18-9-7-6-8-10-18)26(37)42-27(3,4)5/h6-14,20-21,23H,1,15,30H2,2-5H3,(H,31,36). The van der Waals surface area contributed by atoms with Gasteiger partial charge in [-0.05, 0) is 56.5 Å². The van der Waals surface area contributed by atoms with Crippen LogP contribution in [-0.2, 0) is 51.2 Å². The van der Waals surface area contributed by atoms with E-state index in [2.05, 4.69) is 11.9 Å². The SMILES string of the molecule is C=C(C)C(C(=O)OCc1ccc([N+](=O)[O-])cc1)N1C(=O)C(NC(=O)C(N)(C(=O)OC(C)(C)C)c2ccccc2)C1[S+]([O-])Cl. The molecule has 3 rings (SSSR count). The number of rotatable bonds is 11. The first kappa shape index (κ1) is 33.5. The smallest absolute Gasteiger partial charge is 0.341 e. The van der Waals surface area contributed by atoms with Gasteiger partial charge in [0, 0.05) is 12.1 Å². The lowest BCUT2D eigenvalue weighted by molar-refractivity contribution is -0.384. The quantitative estimate of drug-likeness (QED) is 0.0704. The van der Waals surface area contributed by atoms with Crippen molar-refractivity contribution in [3.05, 3.63) is 88.0 Å². The summed E-state index contributed by atoms with van der Waals surface area (Å²) in [4.78, 5) is 64.4. The van der Waals surface area contributed by atoms with Crippen LogP contribution in [0.15, 0.2) is 66.7 Å². The van der Waals surface area contributed by atoms with Gasteiger partial charge in [-0.3, -0.25) is 24.6 Å². The Hall–Kier alpha value is -3.98. The maximum atomic E-state index is 13.6. The molecule has 0 aromatic heterocycles. The summed E-state index contributed by atoms with van der Waals surface area (Å²) in [6.07, 6.45) is 0. The molecule has 0 radical (unpaired) electrons. The first-order valence-electron chi connectivity index (χ1n) is 12.8. The predicted molar refractivity (Wildman–Crippen MR) is 156 cm³/mol. The Balaban J connectivity index is 1.83. The first-order valence-corrected chi connectivity index (χ1v) is 14.9. The molecule has 2 aromatic rings.